The van der Waals surface area contributed by atoms with Gasteiger partial charge in [0, 0.05) is 13.0 Å². The van der Waals surface area contributed by atoms with Crippen molar-refractivity contribution in [1.82, 2.24) is 0 Å². The Balaban J connectivity index is 2.07. The van der Waals surface area contributed by atoms with Gasteiger partial charge in [-0.05, 0) is 66.1 Å². The van der Waals surface area contributed by atoms with Crippen LogP contribution in [0.15, 0.2) is 60.7 Å². The molecule has 0 N–H and O–H groups in total. The van der Waals surface area contributed by atoms with Crippen LogP contribution in [0.4, 0.5) is 4.39 Å². The fourth-order valence-corrected chi connectivity index (χ4v) is 4.03. The Bertz CT molecular complexity index is 1180. The van der Waals surface area contributed by atoms with Gasteiger partial charge in [0.2, 0.25) is 5.69 Å². The molecule has 1 heterocycles. The van der Waals surface area contributed by atoms with E-state index in [0.29, 0.717) is 11.1 Å². The first-order valence-electron chi connectivity index (χ1n) is 9.64. The fraction of sp³-hybridized carbons (Fsp3) is 0.192. The number of hydrogen-bond donors (Lipinski definition) is 0. The summed E-state index contributed by atoms with van der Waals surface area (Å²) in [4.78, 5) is 0. The predicted molar refractivity (Wildman–Crippen MR) is 115 cm³/mol. The van der Waals surface area contributed by atoms with Crippen molar-refractivity contribution >= 4 is 10.8 Å². The third kappa shape index (κ3) is 2.90. The minimum absolute atomic E-state index is 0.127. The number of nitrogens with zero attached hydrogens (tertiary/aromatic N) is 1. The molecule has 0 saturated carbocycles. The van der Waals surface area contributed by atoms with E-state index in [4.69, 9.17) is 0 Å². The highest BCUT2D eigenvalue weighted by Crippen LogP contribution is 2.35. The zero-order valence-electron chi connectivity index (χ0n) is 17.1. The molecule has 4 rings (SSSR count). The Hall–Kier alpha value is -3.00. The summed E-state index contributed by atoms with van der Waals surface area (Å²) < 4.78 is 17.4. The van der Waals surface area contributed by atoms with Crippen LogP contribution in [0.2, 0.25) is 0 Å². The quantitative estimate of drug-likeness (QED) is 0.361. The molecule has 140 valence electrons. The topological polar surface area (TPSA) is 3.88 Å². The third-order valence-corrected chi connectivity index (χ3v) is 5.84. The van der Waals surface area contributed by atoms with Gasteiger partial charge in [-0.3, -0.25) is 0 Å². The number of aryl methyl sites for hydroxylation is 3. The van der Waals surface area contributed by atoms with Crippen LogP contribution in [0.5, 0.6) is 0 Å². The molecule has 1 aromatic heterocycles. The average Bonchev–Trinajstić information content (AvgIpc) is 2.69. The lowest BCUT2D eigenvalue weighted by Crippen LogP contribution is -2.35. The molecule has 0 bridgehead atoms. The van der Waals surface area contributed by atoms with E-state index in [1.54, 1.807) is 0 Å². The zero-order chi connectivity index (χ0) is 20.0. The SMILES string of the molecule is Cc1cc(C)c(F)c(-c2c3ccc(-c4ccccc4)cc3cc(C)[n+]2C)c1C. The lowest BCUT2D eigenvalue weighted by molar-refractivity contribution is -0.665. The number of fused-ring (bicyclic) bond motifs is 1. The molecule has 0 aliphatic carbocycles. The summed E-state index contributed by atoms with van der Waals surface area (Å²) in [5, 5.41) is 2.20. The lowest BCUT2D eigenvalue weighted by atomic mass is 9.92. The van der Waals surface area contributed by atoms with E-state index in [2.05, 4.69) is 66.9 Å². The van der Waals surface area contributed by atoms with Crippen LogP contribution in [0.25, 0.3) is 33.2 Å². The number of pyridine rings is 1. The summed E-state index contributed by atoms with van der Waals surface area (Å²) in [7, 11) is 2.02. The molecule has 0 aliphatic heterocycles. The van der Waals surface area contributed by atoms with Crippen LogP contribution in [0.3, 0.4) is 0 Å². The maximum absolute atomic E-state index is 15.3. The molecule has 0 saturated heterocycles. The molecule has 2 heteroatoms. The smallest absolute Gasteiger partial charge is 0.206 e. The van der Waals surface area contributed by atoms with Crippen LogP contribution < -0.4 is 4.57 Å². The molecule has 28 heavy (non-hydrogen) atoms. The number of hydrogen-bond acceptors (Lipinski definition) is 0. The van der Waals surface area contributed by atoms with Crippen LogP contribution in [0, 0.1) is 33.5 Å². The molecule has 0 atom stereocenters. The Morgan fingerprint density at radius 1 is 0.750 bits per heavy atom. The molecule has 4 aromatic rings. The molecule has 0 spiro atoms. The van der Waals surface area contributed by atoms with Crippen molar-refractivity contribution in [2.24, 2.45) is 7.05 Å². The highest BCUT2D eigenvalue weighted by molar-refractivity contribution is 5.96. The van der Waals surface area contributed by atoms with Gasteiger partial charge in [-0.25, -0.2) is 4.39 Å². The first-order chi connectivity index (χ1) is 13.4. The molecule has 3 aromatic carbocycles. The second-order valence-corrected chi connectivity index (χ2v) is 7.69. The van der Waals surface area contributed by atoms with Crippen LogP contribution in [-0.4, -0.2) is 0 Å². The molecular weight excluding hydrogens is 345 g/mol. The van der Waals surface area contributed by atoms with Gasteiger partial charge < -0.3 is 0 Å². The van der Waals surface area contributed by atoms with Gasteiger partial charge in [0.05, 0.1) is 10.9 Å². The third-order valence-electron chi connectivity index (χ3n) is 5.84. The molecule has 0 amide bonds. The molecule has 0 fully saturated rings. The molecule has 0 aliphatic rings. The van der Waals surface area contributed by atoms with Gasteiger partial charge in [0.25, 0.3) is 0 Å². The molecular formula is C26H25FN+. The first-order valence-corrected chi connectivity index (χ1v) is 9.64. The largest absolute Gasteiger partial charge is 0.223 e. The van der Waals surface area contributed by atoms with E-state index in [1.165, 1.54) is 11.1 Å². The van der Waals surface area contributed by atoms with Gasteiger partial charge in [-0.1, -0.05) is 42.5 Å². The first kappa shape index (κ1) is 18.4. The van der Waals surface area contributed by atoms with Crippen LogP contribution >= 0.6 is 0 Å². The van der Waals surface area contributed by atoms with Crippen molar-refractivity contribution in [3.8, 4) is 22.4 Å². The van der Waals surface area contributed by atoms with E-state index < -0.39 is 0 Å². The van der Waals surface area contributed by atoms with Crippen molar-refractivity contribution in [2.75, 3.05) is 0 Å². The summed E-state index contributed by atoms with van der Waals surface area (Å²) in [5.41, 5.74) is 7.91. The second-order valence-electron chi connectivity index (χ2n) is 7.69. The molecule has 1 nitrogen and oxygen atoms in total. The highest BCUT2D eigenvalue weighted by atomic mass is 19.1. The standard InChI is InChI=1S/C26H25FN/c1-16-13-17(2)25(27)24(19(16)4)26-23-12-11-21(20-9-7-6-8-10-20)15-22(23)14-18(3)28(26)5/h6-15H,1-5H3/q+1. The average molecular weight is 370 g/mol. The summed E-state index contributed by atoms with van der Waals surface area (Å²) in [6.07, 6.45) is 0. The second kappa shape index (κ2) is 6.87. The van der Waals surface area contributed by atoms with E-state index in [-0.39, 0.29) is 5.82 Å². The Morgan fingerprint density at radius 3 is 2.18 bits per heavy atom. The van der Waals surface area contributed by atoms with Crippen molar-refractivity contribution in [2.45, 2.75) is 27.7 Å². The summed E-state index contributed by atoms with van der Waals surface area (Å²) in [5.74, 6) is -0.127. The van der Waals surface area contributed by atoms with Gasteiger partial charge >= 0.3 is 0 Å². The maximum atomic E-state index is 15.3. The van der Waals surface area contributed by atoms with Gasteiger partial charge in [0.1, 0.15) is 12.9 Å². The van der Waals surface area contributed by atoms with Gasteiger partial charge in [-0.2, -0.15) is 4.57 Å². The predicted octanol–water partition coefficient (Wildman–Crippen LogP) is 6.37. The minimum Gasteiger partial charge on any atom is -0.206 e. The Kier molecular flexibility index (Phi) is 4.50. The van der Waals surface area contributed by atoms with E-state index >= 15 is 4.39 Å². The Labute approximate surface area is 166 Å². The zero-order valence-corrected chi connectivity index (χ0v) is 17.1. The van der Waals surface area contributed by atoms with Crippen molar-refractivity contribution < 1.29 is 8.96 Å². The van der Waals surface area contributed by atoms with Crippen LogP contribution in [0.1, 0.15) is 22.4 Å². The van der Waals surface area contributed by atoms with Crippen molar-refractivity contribution in [3.05, 3.63) is 88.9 Å². The summed E-state index contributed by atoms with van der Waals surface area (Å²) in [6, 6.07) is 20.9. The monoisotopic (exact) mass is 370 g/mol. The number of aromatic nitrogens is 1. The minimum atomic E-state index is -0.127. The van der Waals surface area contributed by atoms with Crippen molar-refractivity contribution in [1.29, 1.82) is 0 Å². The maximum Gasteiger partial charge on any atom is 0.223 e. The highest BCUT2D eigenvalue weighted by Gasteiger charge is 2.25. The summed E-state index contributed by atoms with van der Waals surface area (Å²) in [6.45, 7) is 7.99. The van der Waals surface area contributed by atoms with Crippen LogP contribution in [-0.2, 0) is 7.05 Å². The Morgan fingerprint density at radius 2 is 1.46 bits per heavy atom. The summed E-state index contributed by atoms with van der Waals surface area (Å²) >= 11 is 0. The molecule has 0 unspecified atom stereocenters. The normalized spacial score (nSPS) is 11.2. The molecule has 0 radical (unpaired) electrons. The van der Waals surface area contributed by atoms with Gasteiger partial charge in [-0.15, -0.1) is 0 Å². The van der Waals surface area contributed by atoms with E-state index in [1.807, 2.05) is 33.0 Å². The van der Waals surface area contributed by atoms with E-state index in [9.17, 15) is 0 Å². The van der Waals surface area contributed by atoms with E-state index in [0.717, 1.165) is 33.3 Å². The van der Waals surface area contributed by atoms with Crippen molar-refractivity contribution in [3.63, 3.8) is 0 Å². The number of halogens is 1. The van der Waals surface area contributed by atoms with Gasteiger partial charge in [0.15, 0.2) is 5.69 Å². The lowest BCUT2D eigenvalue weighted by Gasteiger charge is -2.14. The number of rotatable bonds is 2. The number of benzene rings is 3. The fourth-order valence-electron chi connectivity index (χ4n) is 4.03.